The van der Waals surface area contributed by atoms with Crippen LogP contribution in [-0.4, -0.2) is 50.0 Å². The van der Waals surface area contributed by atoms with Gasteiger partial charge in [0.25, 0.3) is 0 Å². The zero-order valence-corrected chi connectivity index (χ0v) is 22.9. The lowest BCUT2D eigenvalue weighted by Gasteiger charge is -2.33. The van der Waals surface area contributed by atoms with Crippen molar-refractivity contribution >= 4 is 27.5 Å². The summed E-state index contributed by atoms with van der Waals surface area (Å²) in [5.74, 6) is -0.584. The summed E-state index contributed by atoms with van der Waals surface area (Å²) in [4.78, 5) is 28.7. The molecule has 1 aliphatic carbocycles. The van der Waals surface area contributed by atoms with Crippen LogP contribution in [0.1, 0.15) is 61.3 Å². The topological polar surface area (TPSA) is 86.8 Å². The number of nitrogens with one attached hydrogen (secondary N) is 1. The Morgan fingerprint density at radius 1 is 1.00 bits per heavy atom. The number of carbonyl (C=O) groups excluding carboxylic acids is 2. The fraction of sp³-hybridized carbons (Fsp3) is 0.500. The molecule has 2 aromatic rings. The van der Waals surface area contributed by atoms with Gasteiger partial charge in [-0.25, -0.2) is 8.42 Å². The summed E-state index contributed by atoms with van der Waals surface area (Å²) in [6.07, 6.45) is 5.61. The minimum atomic E-state index is -3.74. The molecule has 7 nitrogen and oxygen atoms in total. The average Bonchev–Trinajstić information content (AvgIpc) is 3.32. The van der Waals surface area contributed by atoms with Crippen LogP contribution in [0.2, 0.25) is 0 Å². The summed E-state index contributed by atoms with van der Waals surface area (Å²) in [5.41, 5.74) is 4.35. The minimum Gasteiger partial charge on any atom is -0.352 e. The minimum absolute atomic E-state index is 0.130. The first-order valence-corrected chi connectivity index (χ1v) is 14.6. The molecule has 3 rings (SSSR count). The van der Waals surface area contributed by atoms with Crippen LogP contribution in [-0.2, 0) is 26.2 Å². The van der Waals surface area contributed by atoms with Crippen LogP contribution in [0.25, 0.3) is 0 Å². The normalized spacial score (nSPS) is 14.9. The van der Waals surface area contributed by atoms with Crippen molar-refractivity contribution in [3.05, 3.63) is 64.7 Å². The zero-order valence-electron chi connectivity index (χ0n) is 22.1. The van der Waals surface area contributed by atoms with Gasteiger partial charge < -0.3 is 10.2 Å². The molecule has 196 valence electrons. The van der Waals surface area contributed by atoms with Crippen LogP contribution < -0.4 is 9.62 Å². The average molecular weight is 514 g/mol. The molecular formula is C28H39N3O4S. The van der Waals surface area contributed by atoms with E-state index in [1.807, 2.05) is 58.0 Å². The monoisotopic (exact) mass is 513 g/mol. The molecule has 0 heterocycles. The van der Waals surface area contributed by atoms with E-state index < -0.39 is 22.0 Å². The Labute approximate surface area is 215 Å². The smallest absolute Gasteiger partial charge is 0.244 e. The van der Waals surface area contributed by atoms with Gasteiger partial charge in [-0.1, -0.05) is 50.1 Å². The van der Waals surface area contributed by atoms with Crippen LogP contribution >= 0.6 is 0 Å². The molecule has 8 heteroatoms. The van der Waals surface area contributed by atoms with E-state index in [2.05, 4.69) is 5.32 Å². The fourth-order valence-corrected chi connectivity index (χ4v) is 5.59. The maximum Gasteiger partial charge on any atom is 0.244 e. The number of sulfonamides is 1. The Bertz CT molecular complexity index is 1190. The number of benzene rings is 2. The lowest BCUT2D eigenvalue weighted by atomic mass is 10.1. The molecule has 1 unspecified atom stereocenters. The molecule has 0 bridgehead atoms. The van der Waals surface area contributed by atoms with E-state index >= 15 is 0 Å². The van der Waals surface area contributed by atoms with E-state index in [0.29, 0.717) is 12.1 Å². The summed E-state index contributed by atoms with van der Waals surface area (Å²) in [6, 6.07) is 12.5. The number of aryl methyl sites for hydroxylation is 3. The maximum absolute atomic E-state index is 13.8. The number of hydrogen-bond donors (Lipinski definition) is 1. The molecule has 1 saturated carbocycles. The van der Waals surface area contributed by atoms with Crippen molar-refractivity contribution < 1.29 is 18.0 Å². The SMILES string of the molecule is CCC(C(=O)NC1CCCC1)N(Cc1ccccc1C)C(=O)CN(c1ccc(C)c(C)c1)S(C)(=O)=O. The molecule has 0 saturated heterocycles. The van der Waals surface area contributed by atoms with E-state index in [-0.39, 0.29) is 25.0 Å². The molecule has 2 amide bonds. The largest absolute Gasteiger partial charge is 0.352 e. The predicted molar refractivity (Wildman–Crippen MR) is 144 cm³/mol. The van der Waals surface area contributed by atoms with E-state index in [1.165, 1.54) is 0 Å². The first-order chi connectivity index (χ1) is 17.0. The summed E-state index contributed by atoms with van der Waals surface area (Å²) < 4.78 is 26.7. The van der Waals surface area contributed by atoms with Gasteiger partial charge in [0, 0.05) is 12.6 Å². The summed E-state index contributed by atoms with van der Waals surface area (Å²) in [5, 5.41) is 3.13. The Morgan fingerprint density at radius 2 is 1.67 bits per heavy atom. The van der Waals surface area contributed by atoms with E-state index in [9.17, 15) is 18.0 Å². The number of carbonyl (C=O) groups is 2. The van der Waals surface area contributed by atoms with Gasteiger partial charge in [-0.2, -0.15) is 0 Å². The van der Waals surface area contributed by atoms with Crippen LogP contribution in [0.4, 0.5) is 5.69 Å². The second-order valence-corrected chi connectivity index (χ2v) is 11.8. The quantitative estimate of drug-likeness (QED) is 0.515. The molecular weight excluding hydrogens is 474 g/mol. The Morgan fingerprint density at radius 3 is 2.25 bits per heavy atom. The highest BCUT2D eigenvalue weighted by Crippen LogP contribution is 2.23. The third-order valence-electron chi connectivity index (χ3n) is 7.15. The zero-order chi connectivity index (χ0) is 26.5. The van der Waals surface area contributed by atoms with Crippen molar-refractivity contribution in [2.75, 3.05) is 17.1 Å². The lowest BCUT2D eigenvalue weighted by molar-refractivity contribution is -0.140. The summed E-state index contributed by atoms with van der Waals surface area (Å²) in [6.45, 7) is 7.57. The Hall–Kier alpha value is -2.87. The fourth-order valence-electron chi connectivity index (χ4n) is 4.75. The Balaban J connectivity index is 1.94. The molecule has 0 radical (unpaired) electrons. The van der Waals surface area contributed by atoms with E-state index in [4.69, 9.17) is 0 Å². The number of nitrogens with zero attached hydrogens (tertiary/aromatic N) is 2. The number of amides is 2. The molecule has 0 aromatic heterocycles. The number of hydrogen-bond acceptors (Lipinski definition) is 4. The van der Waals surface area contributed by atoms with Crippen molar-refractivity contribution in [2.24, 2.45) is 0 Å². The highest BCUT2D eigenvalue weighted by Gasteiger charge is 2.33. The molecule has 36 heavy (non-hydrogen) atoms. The van der Waals surface area contributed by atoms with Crippen LogP contribution in [0.15, 0.2) is 42.5 Å². The van der Waals surface area contributed by atoms with Crippen molar-refractivity contribution in [1.82, 2.24) is 10.2 Å². The van der Waals surface area contributed by atoms with Gasteiger partial charge >= 0.3 is 0 Å². The van der Waals surface area contributed by atoms with Gasteiger partial charge in [0.15, 0.2) is 0 Å². The molecule has 1 N–H and O–H groups in total. The van der Waals surface area contributed by atoms with Crippen molar-refractivity contribution in [3.63, 3.8) is 0 Å². The molecule has 2 aromatic carbocycles. The van der Waals surface area contributed by atoms with Gasteiger partial charge in [0.1, 0.15) is 12.6 Å². The summed E-state index contributed by atoms with van der Waals surface area (Å²) >= 11 is 0. The second-order valence-electron chi connectivity index (χ2n) is 9.90. The van der Waals surface area contributed by atoms with Gasteiger partial charge in [0.2, 0.25) is 21.8 Å². The molecule has 1 aliphatic rings. The first-order valence-electron chi connectivity index (χ1n) is 12.7. The Kier molecular flexibility index (Phi) is 9.17. The second kappa shape index (κ2) is 11.9. The van der Waals surface area contributed by atoms with Crippen molar-refractivity contribution in [2.45, 2.75) is 78.4 Å². The van der Waals surface area contributed by atoms with Crippen LogP contribution in [0, 0.1) is 20.8 Å². The van der Waals surface area contributed by atoms with Crippen LogP contribution in [0.5, 0.6) is 0 Å². The summed E-state index contributed by atoms with van der Waals surface area (Å²) in [7, 11) is -3.74. The highest BCUT2D eigenvalue weighted by atomic mass is 32.2. The highest BCUT2D eigenvalue weighted by molar-refractivity contribution is 7.92. The predicted octanol–water partition coefficient (Wildman–Crippen LogP) is 4.24. The third-order valence-corrected chi connectivity index (χ3v) is 8.29. The lowest BCUT2D eigenvalue weighted by Crippen LogP contribution is -2.53. The molecule has 1 fully saturated rings. The van der Waals surface area contributed by atoms with E-state index in [0.717, 1.165) is 58.5 Å². The standard InChI is InChI=1S/C28H39N3O4S/c1-6-26(28(33)29-24-13-9-10-14-24)30(18-23-12-8-7-11-21(23)3)27(32)19-31(36(5,34)35)25-16-15-20(2)22(4)17-25/h7-8,11-12,15-17,24,26H,6,9-10,13-14,18-19H2,1-5H3,(H,29,33). The van der Waals surface area contributed by atoms with Crippen molar-refractivity contribution in [3.8, 4) is 0 Å². The van der Waals surface area contributed by atoms with Crippen LogP contribution in [0.3, 0.4) is 0 Å². The third kappa shape index (κ3) is 6.87. The maximum atomic E-state index is 13.8. The number of rotatable bonds is 10. The molecule has 0 spiro atoms. The van der Waals surface area contributed by atoms with Gasteiger partial charge in [-0.3, -0.25) is 13.9 Å². The first kappa shape index (κ1) is 27.7. The van der Waals surface area contributed by atoms with E-state index in [1.54, 1.807) is 17.0 Å². The van der Waals surface area contributed by atoms with Gasteiger partial charge in [0.05, 0.1) is 11.9 Å². The van der Waals surface area contributed by atoms with Crippen molar-refractivity contribution in [1.29, 1.82) is 0 Å². The number of anilines is 1. The van der Waals surface area contributed by atoms with Gasteiger partial charge in [-0.15, -0.1) is 0 Å². The molecule has 1 atom stereocenters. The molecule has 0 aliphatic heterocycles. The van der Waals surface area contributed by atoms with Gasteiger partial charge in [-0.05, 0) is 74.4 Å².